The molecule has 0 amide bonds. The summed E-state index contributed by atoms with van der Waals surface area (Å²) in [6.45, 7) is 6.87. The topological polar surface area (TPSA) is 32.5 Å². The second-order valence-corrected chi connectivity index (χ2v) is 5.49. The highest BCUT2D eigenvalue weighted by atomic mass is 35.5. The molecule has 0 bridgehead atoms. The van der Waals surface area contributed by atoms with Gasteiger partial charge in [0.2, 0.25) is 0 Å². The van der Waals surface area contributed by atoms with E-state index in [0.717, 1.165) is 61.4 Å². The van der Waals surface area contributed by atoms with Crippen LogP contribution < -0.4 is 5.73 Å². The summed E-state index contributed by atoms with van der Waals surface area (Å²) in [4.78, 5) is 4.81. The maximum Gasteiger partial charge on any atom is 0.0452 e. The maximum absolute atomic E-state index is 6.18. The first-order valence-corrected chi connectivity index (χ1v) is 7.03. The van der Waals surface area contributed by atoms with Crippen LogP contribution in [0, 0.1) is 0 Å². The van der Waals surface area contributed by atoms with E-state index in [1.54, 1.807) is 0 Å². The largest absolute Gasteiger partial charge is 0.329 e. The van der Waals surface area contributed by atoms with E-state index in [1.165, 1.54) is 0 Å². The van der Waals surface area contributed by atoms with Crippen LogP contribution in [0.2, 0.25) is 10.0 Å². The van der Waals surface area contributed by atoms with Gasteiger partial charge in [0, 0.05) is 55.9 Å². The van der Waals surface area contributed by atoms with Crippen molar-refractivity contribution in [3.05, 3.63) is 33.8 Å². The second-order valence-electron chi connectivity index (χ2n) is 4.64. The molecule has 1 aromatic carbocycles. The molecule has 100 valence electrons. The summed E-state index contributed by atoms with van der Waals surface area (Å²) >= 11 is 12.2. The molecule has 2 N–H and O–H groups in total. The number of benzene rings is 1. The van der Waals surface area contributed by atoms with Gasteiger partial charge in [-0.1, -0.05) is 23.2 Å². The first kappa shape index (κ1) is 14.1. The van der Waals surface area contributed by atoms with Crippen LogP contribution in [0.5, 0.6) is 0 Å². The third-order valence-corrected chi connectivity index (χ3v) is 3.92. The van der Waals surface area contributed by atoms with Gasteiger partial charge < -0.3 is 5.73 Å². The zero-order chi connectivity index (χ0) is 13.0. The second kappa shape index (κ2) is 6.73. The highest BCUT2D eigenvalue weighted by Crippen LogP contribution is 2.22. The maximum atomic E-state index is 6.18. The van der Waals surface area contributed by atoms with Crippen molar-refractivity contribution in [2.45, 2.75) is 6.54 Å². The van der Waals surface area contributed by atoms with Crippen LogP contribution in [0.1, 0.15) is 5.56 Å². The Hall–Kier alpha value is -0.320. The van der Waals surface area contributed by atoms with E-state index >= 15 is 0 Å². The minimum absolute atomic E-state index is 0.736. The normalized spacial score (nSPS) is 18.2. The zero-order valence-electron chi connectivity index (χ0n) is 10.4. The third kappa shape index (κ3) is 3.84. The van der Waals surface area contributed by atoms with Crippen LogP contribution in [0.15, 0.2) is 18.2 Å². The van der Waals surface area contributed by atoms with E-state index < -0.39 is 0 Å². The Morgan fingerprint density at radius 2 is 1.72 bits per heavy atom. The number of nitrogens with two attached hydrogens (primary N) is 1. The molecule has 1 fully saturated rings. The van der Waals surface area contributed by atoms with Crippen LogP contribution in [0.25, 0.3) is 0 Å². The average Bonchev–Trinajstić information content (AvgIpc) is 2.37. The summed E-state index contributed by atoms with van der Waals surface area (Å²) in [5.41, 5.74) is 6.67. The Labute approximate surface area is 118 Å². The van der Waals surface area contributed by atoms with Crippen molar-refractivity contribution in [1.82, 2.24) is 9.80 Å². The number of nitrogens with zero attached hydrogens (tertiary/aromatic N) is 2. The molecule has 1 aliphatic rings. The zero-order valence-corrected chi connectivity index (χ0v) is 11.9. The van der Waals surface area contributed by atoms with Crippen LogP contribution in [0.3, 0.4) is 0 Å². The molecule has 1 aliphatic heterocycles. The first-order valence-electron chi connectivity index (χ1n) is 6.28. The van der Waals surface area contributed by atoms with Gasteiger partial charge in [-0.3, -0.25) is 9.80 Å². The van der Waals surface area contributed by atoms with Gasteiger partial charge in [0.15, 0.2) is 0 Å². The summed E-state index contributed by atoms with van der Waals surface area (Å²) in [7, 11) is 0. The lowest BCUT2D eigenvalue weighted by atomic mass is 10.2. The van der Waals surface area contributed by atoms with E-state index in [4.69, 9.17) is 28.9 Å². The lowest BCUT2D eigenvalue weighted by molar-refractivity contribution is 0.130. The average molecular weight is 288 g/mol. The van der Waals surface area contributed by atoms with Crippen molar-refractivity contribution < 1.29 is 0 Å². The molecule has 18 heavy (non-hydrogen) atoms. The molecule has 1 aromatic rings. The molecule has 0 spiro atoms. The molecular weight excluding hydrogens is 269 g/mol. The molecule has 0 radical (unpaired) electrons. The van der Waals surface area contributed by atoms with E-state index in [9.17, 15) is 0 Å². The first-order chi connectivity index (χ1) is 8.69. The van der Waals surface area contributed by atoms with Crippen molar-refractivity contribution in [3.63, 3.8) is 0 Å². The standard InChI is InChI=1S/C13H19Cl2N3/c14-12-1-2-13(15)11(9-12)10-18-7-5-17(4-3-16)6-8-18/h1-2,9H,3-8,10,16H2. The monoisotopic (exact) mass is 287 g/mol. The van der Waals surface area contributed by atoms with Crippen molar-refractivity contribution in [3.8, 4) is 0 Å². The van der Waals surface area contributed by atoms with E-state index in [1.807, 2.05) is 18.2 Å². The Morgan fingerprint density at radius 1 is 1.06 bits per heavy atom. The Bertz CT molecular complexity index is 390. The summed E-state index contributed by atoms with van der Waals surface area (Å²) in [6, 6.07) is 5.65. The SMILES string of the molecule is NCCN1CCN(Cc2cc(Cl)ccc2Cl)CC1. The minimum atomic E-state index is 0.736. The lowest BCUT2D eigenvalue weighted by Gasteiger charge is -2.34. The summed E-state index contributed by atoms with van der Waals surface area (Å²) < 4.78 is 0. The van der Waals surface area contributed by atoms with E-state index in [0.29, 0.717) is 0 Å². The summed E-state index contributed by atoms with van der Waals surface area (Å²) in [5, 5.41) is 1.54. The Kier molecular flexibility index (Phi) is 5.27. The molecule has 0 unspecified atom stereocenters. The summed E-state index contributed by atoms with van der Waals surface area (Å²) in [6.07, 6.45) is 0. The van der Waals surface area contributed by atoms with Crippen LogP contribution in [0.4, 0.5) is 0 Å². The smallest absolute Gasteiger partial charge is 0.0452 e. The lowest BCUT2D eigenvalue weighted by Crippen LogP contribution is -2.47. The molecule has 1 saturated heterocycles. The van der Waals surface area contributed by atoms with E-state index in [2.05, 4.69) is 9.80 Å². The van der Waals surface area contributed by atoms with Gasteiger partial charge in [-0.2, -0.15) is 0 Å². The minimum Gasteiger partial charge on any atom is -0.329 e. The molecule has 5 heteroatoms. The van der Waals surface area contributed by atoms with Crippen molar-refractivity contribution in [1.29, 1.82) is 0 Å². The van der Waals surface area contributed by atoms with Gasteiger partial charge in [-0.25, -0.2) is 0 Å². The number of rotatable bonds is 4. The fourth-order valence-electron chi connectivity index (χ4n) is 2.26. The van der Waals surface area contributed by atoms with Crippen molar-refractivity contribution in [2.24, 2.45) is 5.73 Å². The summed E-state index contributed by atoms with van der Waals surface area (Å²) in [5.74, 6) is 0. The molecule has 0 atom stereocenters. The van der Waals surface area contributed by atoms with Crippen molar-refractivity contribution in [2.75, 3.05) is 39.3 Å². The predicted octanol–water partition coefficient (Wildman–Crippen LogP) is 2.07. The van der Waals surface area contributed by atoms with Gasteiger partial charge in [-0.15, -0.1) is 0 Å². The fraction of sp³-hybridized carbons (Fsp3) is 0.538. The van der Waals surface area contributed by atoms with E-state index in [-0.39, 0.29) is 0 Å². The molecule has 2 rings (SSSR count). The van der Waals surface area contributed by atoms with Gasteiger partial charge in [0.25, 0.3) is 0 Å². The van der Waals surface area contributed by atoms with Crippen LogP contribution >= 0.6 is 23.2 Å². The third-order valence-electron chi connectivity index (χ3n) is 3.31. The van der Waals surface area contributed by atoms with Crippen LogP contribution in [-0.2, 0) is 6.54 Å². The molecule has 3 nitrogen and oxygen atoms in total. The Balaban J connectivity index is 1.89. The number of hydrogen-bond donors (Lipinski definition) is 1. The quantitative estimate of drug-likeness (QED) is 0.920. The van der Waals surface area contributed by atoms with Gasteiger partial charge >= 0.3 is 0 Å². The Morgan fingerprint density at radius 3 is 2.39 bits per heavy atom. The predicted molar refractivity (Wildman–Crippen MR) is 77.2 cm³/mol. The molecule has 0 aliphatic carbocycles. The molecule has 1 heterocycles. The fourth-order valence-corrected chi connectivity index (χ4v) is 2.63. The highest BCUT2D eigenvalue weighted by Gasteiger charge is 2.17. The number of piperazine rings is 1. The number of hydrogen-bond acceptors (Lipinski definition) is 3. The van der Waals surface area contributed by atoms with Crippen LogP contribution in [-0.4, -0.2) is 49.1 Å². The highest BCUT2D eigenvalue weighted by molar-refractivity contribution is 6.33. The number of halogens is 2. The molecule has 0 saturated carbocycles. The molecular formula is C13H19Cl2N3. The van der Waals surface area contributed by atoms with Gasteiger partial charge in [0.05, 0.1) is 0 Å². The van der Waals surface area contributed by atoms with Gasteiger partial charge in [0.1, 0.15) is 0 Å². The molecule has 0 aromatic heterocycles. The van der Waals surface area contributed by atoms with Crippen molar-refractivity contribution >= 4 is 23.2 Å². The van der Waals surface area contributed by atoms with Gasteiger partial charge in [-0.05, 0) is 23.8 Å².